The lowest BCUT2D eigenvalue weighted by atomic mass is 10.0. The number of ether oxygens (including phenoxy) is 1. The van der Waals surface area contributed by atoms with Gasteiger partial charge in [-0.25, -0.2) is 4.98 Å². The van der Waals surface area contributed by atoms with E-state index in [1.54, 1.807) is 0 Å². The molecule has 1 amide bonds. The molecule has 0 radical (unpaired) electrons. The van der Waals surface area contributed by atoms with E-state index in [1.165, 1.54) is 12.3 Å². The molecule has 2 atom stereocenters. The molecule has 20 heavy (non-hydrogen) atoms. The Hall–Kier alpha value is -1.73. The van der Waals surface area contributed by atoms with Crippen molar-refractivity contribution in [3.8, 4) is 0 Å². The van der Waals surface area contributed by atoms with E-state index in [1.807, 2.05) is 6.92 Å². The molecule has 1 aliphatic rings. The molecule has 1 fully saturated rings. The maximum absolute atomic E-state index is 12.1. The summed E-state index contributed by atoms with van der Waals surface area (Å²) in [5, 5.41) is 13.4. The first kappa shape index (κ1) is 14.7. The van der Waals surface area contributed by atoms with Crippen molar-refractivity contribution in [3.05, 3.63) is 33.1 Å². The quantitative estimate of drug-likeness (QED) is 0.519. The predicted octanol–water partition coefficient (Wildman–Crippen LogP) is 1.80. The molecule has 1 aliphatic heterocycles. The maximum atomic E-state index is 12.1. The van der Waals surface area contributed by atoms with Crippen molar-refractivity contribution in [1.82, 2.24) is 10.3 Å². The minimum Gasteiger partial charge on any atom is -0.381 e. The topological polar surface area (TPSA) is 94.4 Å². The summed E-state index contributed by atoms with van der Waals surface area (Å²) in [7, 11) is 0. The minimum atomic E-state index is -0.701. The third-order valence-electron chi connectivity index (χ3n) is 3.34. The van der Waals surface area contributed by atoms with E-state index in [-0.39, 0.29) is 22.7 Å². The Morgan fingerprint density at radius 1 is 1.70 bits per heavy atom. The van der Waals surface area contributed by atoms with Gasteiger partial charge in [0.1, 0.15) is 5.56 Å². The van der Waals surface area contributed by atoms with Crippen molar-refractivity contribution < 1.29 is 14.5 Å². The van der Waals surface area contributed by atoms with Crippen LogP contribution < -0.4 is 5.32 Å². The number of nitrogens with one attached hydrogen (secondary N) is 1. The van der Waals surface area contributed by atoms with Gasteiger partial charge in [-0.15, -0.1) is 0 Å². The third kappa shape index (κ3) is 3.05. The van der Waals surface area contributed by atoms with Crippen LogP contribution in [0.5, 0.6) is 0 Å². The van der Waals surface area contributed by atoms with E-state index in [4.69, 9.17) is 16.3 Å². The van der Waals surface area contributed by atoms with E-state index in [0.717, 1.165) is 6.42 Å². The number of pyridine rings is 1. The van der Waals surface area contributed by atoms with Gasteiger partial charge in [-0.2, -0.15) is 0 Å². The Balaban J connectivity index is 2.16. The largest absolute Gasteiger partial charge is 0.381 e. The zero-order valence-electron chi connectivity index (χ0n) is 10.8. The highest BCUT2D eigenvalue weighted by Crippen LogP contribution is 2.26. The van der Waals surface area contributed by atoms with Crippen molar-refractivity contribution in [3.63, 3.8) is 0 Å². The van der Waals surface area contributed by atoms with Gasteiger partial charge in [0.2, 0.25) is 5.15 Å². The van der Waals surface area contributed by atoms with Crippen LogP contribution in [0, 0.1) is 16.0 Å². The summed E-state index contributed by atoms with van der Waals surface area (Å²) in [6.07, 6.45) is 2.13. The third-order valence-corrected chi connectivity index (χ3v) is 3.61. The number of hydrogen-bond donors (Lipinski definition) is 1. The summed E-state index contributed by atoms with van der Waals surface area (Å²) < 4.78 is 5.26. The molecule has 0 aliphatic carbocycles. The minimum absolute atomic E-state index is 0.0826. The molecule has 0 aromatic carbocycles. The summed E-state index contributed by atoms with van der Waals surface area (Å²) in [5.74, 6) is -0.310. The summed E-state index contributed by atoms with van der Waals surface area (Å²) in [5.41, 5.74) is -0.553. The van der Waals surface area contributed by atoms with Gasteiger partial charge < -0.3 is 10.1 Å². The van der Waals surface area contributed by atoms with E-state index in [9.17, 15) is 14.9 Å². The smallest absolute Gasteiger partial charge is 0.319 e. The van der Waals surface area contributed by atoms with Gasteiger partial charge in [0, 0.05) is 24.8 Å². The number of nitrogens with zero attached hydrogens (tertiary/aromatic N) is 2. The normalized spacial score (nSPS) is 19.6. The predicted molar refractivity (Wildman–Crippen MR) is 71.8 cm³/mol. The molecular weight excluding hydrogens is 286 g/mol. The molecule has 1 aromatic heterocycles. The van der Waals surface area contributed by atoms with Crippen molar-refractivity contribution in [1.29, 1.82) is 0 Å². The number of aromatic nitrogens is 1. The number of amides is 1. The Morgan fingerprint density at radius 3 is 3.05 bits per heavy atom. The van der Waals surface area contributed by atoms with Gasteiger partial charge in [0.05, 0.1) is 11.5 Å². The zero-order valence-corrected chi connectivity index (χ0v) is 11.6. The fourth-order valence-electron chi connectivity index (χ4n) is 2.13. The van der Waals surface area contributed by atoms with Crippen LogP contribution in [-0.2, 0) is 4.74 Å². The van der Waals surface area contributed by atoms with Crippen molar-refractivity contribution >= 4 is 23.2 Å². The van der Waals surface area contributed by atoms with Crippen LogP contribution in [0.1, 0.15) is 23.7 Å². The first-order valence-corrected chi connectivity index (χ1v) is 6.56. The second kappa shape index (κ2) is 6.15. The van der Waals surface area contributed by atoms with Crippen LogP contribution in [0.2, 0.25) is 5.15 Å². The van der Waals surface area contributed by atoms with Gasteiger partial charge in [-0.1, -0.05) is 11.6 Å². The van der Waals surface area contributed by atoms with Gasteiger partial charge in [0.25, 0.3) is 5.91 Å². The summed E-state index contributed by atoms with van der Waals surface area (Å²) in [6.45, 7) is 3.11. The molecule has 2 unspecified atom stereocenters. The molecule has 1 N–H and O–H groups in total. The Kier molecular flexibility index (Phi) is 4.51. The van der Waals surface area contributed by atoms with Crippen molar-refractivity contribution in [2.75, 3.05) is 13.2 Å². The van der Waals surface area contributed by atoms with Crippen LogP contribution in [0.15, 0.2) is 12.3 Å². The molecule has 2 heterocycles. The van der Waals surface area contributed by atoms with Crippen molar-refractivity contribution in [2.24, 2.45) is 5.92 Å². The average Bonchev–Trinajstić information content (AvgIpc) is 2.91. The van der Waals surface area contributed by atoms with Crippen LogP contribution in [0.25, 0.3) is 0 Å². The summed E-state index contributed by atoms with van der Waals surface area (Å²) in [4.78, 5) is 26.0. The number of halogens is 1. The molecule has 0 spiro atoms. The standard InChI is InChI=1S/C12H14ClN3O4/c1-7(8-3-5-20-6-8)15-12(17)9-2-4-14-11(13)10(9)16(18)19/h2,4,7-8H,3,5-6H2,1H3,(H,15,17). The maximum Gasteiger partial charge on any atom is 0.319 e. The van der Waals surface area contributed by atoms with Crippen LogP contribution in [0.4, 0.5) is 5.69 Å². The SMILES string of the molecule is CC(NC(=O)c1ccnc(Cl)c1[N+](=O)[O-])C1CCOC1. The second-order valence-corrected chi connectivity index (χ2v) is 5.00. The molecule has 8 heteroatoms. The molecular formula is C12H14ClN3O4. The number of rotatable bonds is 4. The number of nitro groups is 1. The van der Waals surface area contributed by atoms with Gasteiger partial charge in [-0.3, -0.25) is 14.9 Å². The molecule has 2 rings (SSSR count). The summed E-state index contributed by atoms with van der Waals surface area (Å²) in [6, 6.07) is 1.16. The number of carbonyl (C=O) groups is 1. The lowest BCUT2D eigenvalue weighted by molar-refractivity contribution is -0.385. The van der Waals surface area contributed by atoms with E-state index in [0.29, 0.717) is 13.2 Å². The Morgan fingerprint density at radius 2 is 2.45 bits per heavy atom. The number of carbonyl (C=O) groups excluding carboxylic acids is 1. The molecule has 0 saturated carbocycles. The molecule has 1 aromatic rings. The molecule has 108 valence electrons. The molecule has 1 saturated heterocycles. The lowest BCUT2D eigenvalue weighted by Crippen LogP contribution is -2.38. The molecule has 7 nitrogen and oxygen atoms in total. The van der Waals surface area contributed by atoms with Crippen molar-refractivity contribution in [2.45, 2.75) is 19.4 Å². The van der Waals surface area contributed by atoms with Gasteiger partial charge >= 0.3 is 5.69 Å². The lowest BCUT2D eigenvalue weighted by Gasteiger charge is -2.19. The fourth-order valence-corrected chi connectivity index (χ4v) is 2.36. The second-order valence-electron chi connectivity index (χ2n) is 4.64. The molecule has 0 bridgehead atoms. The number of hydrogen-bond acceptors (Lipinski definition) is 5. The van der Waals surface area contributed by atoms with Crippen LogP contribution >= 0.6 is 11.6 Å². The van der Waals surface area contributed by atoms with Crippen LogP contribution in [-0.4, -0.2) is 35.1 Å². The Labute approximate surface area is 120 Å². The average molecular weight is 300 g/mol. The summed E-state index contributed by atoms with van der Waals surface area (Å²) >= 11 is 5.68. The van der Waals surface area contributed by atoms with E-state index in [2.05, 4.69) is 10.3 Å². The van der Waals surface area contributed by atoms with Gasteiger partial charge in [-0.05, 0) is 19.4 Å². The highest BCUT2D eigenvalue weighted by Gasteiger charge is 2.28. The van der Waals surface area contributed by atoms with Crippen LogP contribution in [0.3, 0.4) is 0 Å². The first-order chi connectivity index (χ1) is 9.50. The monoisotopic (exact) mass is 299 g/mol. The van der Waals surface area contributed by atoms with E-state index < -0.39 is 16.5 Å². The Bertz CT molecular complexity index is 531. The van der Waals surface area contributed by atoms with E-state index >= 15 is 0 Å². The first-order valence-electron chi connectivity index (χ1n) is 6.18. The highest BCUT2D eigenvalue weighted by molar-refractivity contribution is 6.32. The fraction of sp³-hybridized carbons (Fsp3) is 0.500. The zero-order chi connectivity index (χ0) is 14.7. The highest BCUT2D eigenvalue weighted by atomic mass is 35.5. The van der Waals surface area contributed by atoms with Gasteiger partial charge in [0.15, 0.2) is 0 Å².